The lowest BCUT2D eigenvalue weighted by Crippen LogP contribution is -2.40. The van der Waals surface area contributed by atoms with Gasteiger partial charge in [-0.15, -0.1) is 0 Å². The van der Waals surface area contributed by atoms with E-state index in [1.165, 1.54) is 32.4 Å². The maximum atomic E-state index is 11.1. The Labute approximate surface area is 124 Å². The third-order valence-electron chi connectivity index (χ3n) is 4.49. The summed E-state index contributed by atoms with van der Waals surface area (Å²) in [5.41, 5.74) is 0.223. The lowest BCUT2D eigenvalue weighted by Gasteiger charge is -2.21. The molecule has 114 valence electrons. The van der Waals surface area contributed by atoms with Crippen molar-refractivity contribution in [3.05, 3.63) is 29.8 Å². The zero-order valence-electron chi connectivity index (χ0n) is 12.1. The van der Waals surface area contributed by atoms with Crippen LogP contribution in [-0.4, -0.2) is 54.3 Å². The van der Waals surface area contributed by atoms with Crippen LogP contribution in [0.1, 0.15) is 29.6 Å². The van der Waals surface area contributed by atoms with Crippen molar-refractivity contribution in [2.75, 3.05) is 26.2 Å². The molecule has 2 N–H and O–H groups in total. The minimum absolute atomic E-state index is 0.223. The number of aromatic carboxylic acids is 1. The average Bonchev–Trinajstić information content (AvgIpc) is 3.08. The molecule has 2 aliphatic heterocycles. The van der Waals surface area contributed by atoms with E-state index in [1.807, 2.05) is 0 Å². The molecule has 2 saturated heterocycles. The number of hydrogen-bond acceptors (Lipinski definition) is 4. The van der Waals surface area contributed by atoms with Crippen LogP contribution in [0.25, 0.3) is 0 Å². The normalized spacial score (nSPS) is 25.0. The van der Waals surface area contributed by atoms with Gasteiger partial charge in [0.05, 0.1) is 0 Å². The van der Waals surface area contributed by atoms with Crippen LogP contribution in [0, 0.1) is 0 Å². The molecule has 0 bridgehead atoms. The van der Waals surface area contributed by atoms with E-state index in [2.05, 4.69) is 10.2 Å². The molecule has 0 amide bonds. The van der Waals surface area contributed by atoms with Crippen molar-refractivity contribution in [1.29, 1.82) is 0 Å². The van der Waals surface area contributed by atoms with E-state index in [-0.39, 0.29) is 5.56 Å². The summed E-state index contributed by atoms with van der Waals surface area (Å²) in [6.45, 7) is 3.69. The Morgan fingerprint density at radius 3 is 3.05 bits per heavy atom. The van der Waals surface area contributed by atoms with Crippen LogP contribution in [0.3, 0.4) is 0 Å². The van der Waals surface area contributed by atoms with Gasteiger partial charge in [0.25, 0.3) is 0 Å². The summed E-state index contributed by atoms with van der Waals surface area (Å²) >= 11 is 0. The van der Waals surface area contributed by atoms with Crippen molar-refractivity contribution >= 4 is 5.97 Å². The standard InChI is InChI=1S/C16H22N2O3/c19-16(20)12-4-1-2-6-15(12)21-11-8-17-13-7-10-18-9-3-5-14(13)18/h1-2,4,6,13-14,17H,3,5,7-11H2,(H,19,20). The fourth-order valence-corrected chi connectivity index (χ4v) is 3.50. The summed E-state index contributed by atoms with van der Waals surface area (Å²) in [5, 5.41) is 12.7. The molecule has 0 radical (unpaired) electrons. The van der Waals surface area contributed by atoms with Gasteiger partial charge in [-0.2, -0.15) is 0 Å². The largest absolute Gasteiger partial charge is 0.491 e. The molecular formula is C16H22N2O3. The molecule has 5 heteroatoms. The predicted octanol–water partition coefficient (Wildman–Crippen LogP) is 1.59. The second kappa shape index (κ2) is 6.45. The number of ether oxygens (including phenoxy) is 1. The second-order valence-electron chi connectivity index (χ2n) is 5.74. The van der Waals surface area contributed by atoms with Crippen LogP contribution in [0.2, 0.25) is 0 Å². The number of carboxylic acids is 1. The van der Waals surface area contributed by atoms with Crippen LogP contribution in [0.5, 0.6) is 5.75 Å². The van der Waals surface area contributed by atoms with Crippen molar-refractivity contribution in [2.45, 2.75) is 31.3 Å². The second-order valence-corrected chi connectivity index (χ2v) is 5.74. The van der Waals surface area contributed by atoms with E-state index >= 15 is 0 Å². The minimum atomic E-state index is -0.948. The molecule has 1 aromatic rings. The molecule has 5 nitrogen and oxygen atoms in total. The zero-order valence-corrected chi connectivity index (χ0v) is 12.1. The Bertz CT molecular complexity index is 506. The highest BCUT2D eigenvalue weighted by Crippen LogP contribution is 2.27. The highest BCUT2D eigenvalue weighted by Gasteiger charge is 2.36. The molecule has 2 unspecified atom stereocenters. The topological polar surface area (TPSA) is 61.8 Å². The zero-order chi connectivity index (χ0) is 14.7. The molecule has 0 saturated carbocycles. The molecule has 2 fully saturated rings. The van der Waals surface area contributed by atoms with E-state index in [0.717, 1.165) is 6.54 Å². The quantitative estimate of drug-likeness (QED) is 0.779. The maximum Gasteiger partial charge on any atom is 0.339 e. The number of hydrogen-bond donors (Lipinski definition) is 2. The van der Waals surface area contributed by atoms with Crippen LogP contribution < -0.4 is 10.1 Å². The monoisotopic (exact) mass is 290 g/mol. The highest BCUT2D eigenvalue weighted by atomic mass is 16.5. The van der Waals surface area contributed by atoms with E-state index < -0.39 is 5.97 Å². The minimum Gasteiger partial charge on any atom is -0.491 e. The van der Waals surface area contributed by atoms with Gasteiger partial charge >= 0.3 is 5.97 Å². The molecule has 2 aliphatic rings. The number of nitrogens with one attached hydrogen (secondary N) is 1. The summed E-state index contributed by atoms with van der Waals surface area (Å²) in [6.07, 6.45) is 3.81. The van der Waals surface area contributed by atoms with Gasteiger partial charge in [-0.05, 0) is 37.9 Å². The fourth-order valence-electron chi connectivity index (χ4n) is 3.50. The van der Waals surface area contributed by atoms with Crippen molar-refractivity contribution in [3.63, 3.8) is 0 Å². The lowest BCUT2D eigenvalue weighted by molar-refractivity contribution is 0.0692. The first-order valence-corrected chi connectivity index (χ1v) is 7.68. The Kier molecular flexibility index (Phi) is 4.41. The molecule has 2 heterocycles. The predicted molar refractivity (Wildman–Crippen MR) is 79.9 cm³/mol. The van der Waals surface area contributed by atoms with Gasteiger partial charge in [-0.1, -0.05) is 12.1 Å². The first kappa shape index (κ1) is 14.4. The number of carbonyl (C=O) groups is 1. The molecule has 3 rings (SSSR count). The number of benzene rings is 1. The molecule has 1 aromatic carbocycles. The number of fused-ring (bicyclic) bond motifs is 1. The van der Waals surface area contributed by atoms with Gasteiger partial charge in [0.2, 0.25) is 0 Å². The van der Waals surface area contributed by atoms with Gasteiger partial charge in [0.1, 0.15) is 17.9 Å². The molecule has 0 aliphatic carbocycles. The fraction of sp³-hybridized carbons (Fsp3) is 0.562. The summed E-state index contributed by atoms with van der Waals surface area (Å²) in [4.78, 5) is 13.7. The highest BCUT2D eigenvalue weighted by molar-refractivity contribution is 5.90. The summed E-state index contributed by atoms with van der Waals surface area (Å²) < 4.78 is 5.61. The smallest absolute Gasteiger partial charge is 0.339 e. The van der Waals surface area contributed by atoms with Gasteiger partial charge in [-0.25, -0.2) is 4.79 Å². The van der Waals surface area contributed by atoms with Crippen LogP contribution in [0.15, 0.2) is 24.3 Å². The summed E-state index contributed by atoms with van der Waals surface area (Å²) in [6, 6.07) is 8.03. The molecule has 0 aromatic heterocycles. The number of carboxylic acid groups (broad SMARTS) is 1. The maximum absolute atomic E-state index is 11.1. The number of nitrogens with zero attached hydrogens (tertiary/aromatic N) is 1. The van der Waals surface area contributed by atoms with Crippen molar-refractivity contribution in [3.8, 4) is 5.75 Å². The third kappa shape index (κ3) is 3.19. The Balaban J connectivity index is 1.45. The molecular weight excluding hydrogens is 268 g/mol. The van der Waals surface area contributed by atoms with Gasteiger partial charge in [0.15, 0.2) is 0 Å². The van der Waals surface area contributed by atoms with Gasteiger partial charge in [0, 0.05) is 25.2 Å². The Morgan fingerprint density at radius 1 is 1.33 bits per heavy atom. The molecule has 21 heavy (non-hydrogen) atoms. The van der Waals surface area contributed by atoms with E-state index in [0.29, 0.717) is 24.4 Å². The van der Waals surface area contributed by atoms with Crippen molar-refractivity contribution < 1.29 is 14.6 Å². The first-order valence-electron chi connectivity index (χ1n) is 7.68. The molecule has 0 spiro atoms. The molecule has 2 atom stereocenters. The number of para-hydroxylation sites is 1. The summed E-state index contributed by atoms with van der Waals surface area (Å²) in [5.74, 6) is -0.503. The van der Waals surface area contributed by atoms with Crippen molar-refractivity contribution in [2.24, 2.45) is 0 Å². The lowest BCUT2D eigenvalue weighted by atomic mass is 10.1. The van der Waals surface area contributed by atoms with Crippen LogP contribution in [0.4, 0.5) is 0 Å². The third-order valence-corrected chi connectivity index (χ3v) is 4.49. The SMILES string of the molecule is O=C(O)c1ccccc1OCCNC1CCN2CCCC12. The average molecular weight is 290 g/mol. The van der Waals surface area contributed by atoms with E-state index in [9.17, 15) is 4.79 Å². The summed E-state index contributed by atoms with van der Waals surface area (Å²) in [7, 11) is 0. The Hall–Kier alpha value is -1.59. The first-order chi connectivity index (χ1) is 10.3. The number of rotatable bonds is 6. The van der Waals surface area contributed by atoms with Crippen LogP contribution in [-0.2, 0) is 0 Å². The van der Waals surface area contributed by atoms with Crippen molar-refractivity contribution in [1.82, 2.24) is 10.2 Å². The van der Waals surface area contributed by atoms with E-state index in [1.54, 1.807) is 24.3 Å². The van der Waals surface area contributed by atoms with Gasteiger partial charge in [-0.3, -0.25) is 4.90 Å². The van der Waals surface area contributed by atoms with E-state index in [4.69, 9.17) is 9.84 Å². The van der Waals surface area contributed by atoms with Gasteiger partial charge < -0.3 is 15.2 Å². The van der Waals surface area contributed by atoms with Crippen LogP contribution >= 0.6 is 0 Å². The Morgan fingerprint density at radius 2 is 2.19 bits per heavy atom.